The number of aryl methyl sites for hydroxylation is 1. The van der Waals surface area contributed by atoms with E-state index in [1.807, 2.05) is 43.3 Å². The van der Waals surface area contributed by atoms with E-state index < -0.39 is 0 Å². The van der Waals surface area contributed by atoms with E-state index >= 15 is 0 Å². The fourth-order valence-electron chi connectivity index (χ4n) is 1.33. The monoisotopic (exact) mass is 318 g/mol. The van der Waals surface area contributed by atoms with Crippen LogP contribution in [0.3, 0.4) is 0 Å². The number of isothiocyanates is 2. The Hall–Kier alpha value is -1.67. The molecule has 0 aliphatic rings. The molecule has 0 aliphatic carbocycles. The molecule has 20 heavy (non-hydrogen) atoms. The van der Waals surface area contributed by atoms with Crippen LogP contribution in [-0.4, -0.2) is 10.3 Å². The summed E-state index contributed by atoms with van der Waals surface area (Å²) in [5, 5.41) is 5.18. The normalized spacial score (nSPS) is 8.50. The lowest BCUT2D eigenvalue weighted by molar-refractivity contribution is 1.41. The first-order chi connectivity index (χ1) is 9.69. The number of thiocarbonyl (C=S) groups is 2. The standard InChI is InChI=1S/C8H7NS.C7H4ClNS/c1-7-4-2-3-5-8(7)9-6-10;8-6-3-1-2-4-7(6)9-5-10/h2-5H,1H3;1-4H. The molecule has 0 saturated heterocycles. The molecule has 0 saturated carbocycles. The largest absolute Gasteiger partial charge is 0.194 e. The van der Waals surface area contributed by atoms with Gasteiger partial charge in [0.25, 0.3) is 0 Å². The molecule has 0 aliphatic heterocycles. The van der Waals surface area contributed by atoms with Gasteiger partial charge >= 0.3 is 0 Å². The third-order valence-electron chi connectivity index (χ3n) is 2.30. The Labute approximate surface area is 133 Å². The van der Waals surface area contributed by atoms with Gasteiger partial charge in [0, 0.05) is 0 Å². The van der Waals surface area contributed by atoms with Gasteiger partial charge in [-0.2, -0.15) is 9.98 Å². The summed E-state index contributed by atoms with van der Waals surface area (Å²) in [4.78, 5) is 7.61. The first-order valence-electron chi connectivity index (χ1n) is 5.65. The molecule has 2 nitrogen and oxygen atoms in total. The van der Waals surface area contributed by atoms with Crippen molar-refractivity contribution >= 4 is 57.7 Å². The van der Waals surface area contributed by atoms with Crippen LogP contribution in [0.5, 0.6) is 0 Å². The quantitative estimate of drug-likeness (QED) is 0.516. The number of para-hydroxylation sites is 2. The van der Waals surface area contributed by atoms with E-state index in [4.69, 9.17) is 11.6 Å². The molecule has 2 aromatic carbocycles. The van der Waals surface area contributed by atoms with Gasteiger partial charge in [-0.1, -0.05) is 41.9 Å². The lowest BCUT2D eigenvalue weighted by Crippen LogP contribution is -1.69. The summed E-state index contributed by atoms with van der Waals surface area (Å²) in [6, 6.07) is 15.0. The molecule has 2 aromatic rings. The molecule has 0 atom stereocenters. The third kappa shape index (κ3) is 5.54. The van der Waals surface area contributed by atoms with Crippen LogP contribution in [-0.2, 0) is 0 Å². The second kappa shape index (κ2) is 9.27. The molecule has 2 rings (SSSR count). The van der Waals surface area contributed by atoms with E-state index in [1.165, 1.54) is 0 Å². The summed E-state index contributed by atoms with van der Waals surface area (Å²) in [5.41, 5.74) is 2.69. The number of halogens is 1. The van der Waals surface area contributed by atoms with Gasteiger partial charge in [-0.3, -0.25) is 0 Å². The zero-order valence-electron chi connectivity index (χ0n) is 10.7. The maximum absolute atomic E-state index is 5.72. The molecule has 5 heteroatoms. The van der Waals surface area contributed by atoms with E-state index in [0.29, 0.717) is 10.7 Å². The van der Waals surface area contributed by atoms with Crippen molar-refractivity contribution in [2.75, 3.05) is 0 Å². The second-order valence-corrected chi connectivity index (χ2v) is 4.42. The van der Waals surface area contributed by atoms with Crippen molar-refractivity contribution < 1.29 is 0 Å². The first kappa shape index (κ1) is 16.4. The van der Waals surface area contributed by atoms with Gasteiger partial charge in [-0.25, -0.2) is 0 Å². The molecule has 0 aromatic heterocycles. The van der Waals surface area contributed by atoms with Crippen LogP contribution in [0.1, 0.15) is 5.56 Å². The van der Waals surface area contributed by atoms with E-state index in [-0.39, 0.29) is 0 Å². The van der Waals surface area contributed by atoms with Crippen LogP contribution in [0.15, 0.2) is 58.5 Å². The lowest BCUT2D eigenvalue weighted by Gasteiger charge is -1.93. The van der Waals surface area contributed by atoms with Crippen LogP contribution in [0.2, 0.25) is 5.02 Å². The molecular weight excluding hydrogens is 308 g/mol. The van der Waals surface area contributed by atoms with E-state index in [0.717, 1.165) is 11.3 Å². The molecule has 0 unspecified atom stereocenters. The smallest absolute Gasteiger partial charge is 0.0925 e. The molecule has 0 radical (unpaired) electrons. The summed E-state index contributed by atoms with van der Waals surface area (Å²) in [7, 11) is 0. The minimum atomic E-state index is 0.597. The van der Waals surface area contributed by atoms with Crippen LogP contribution >= 0.6 is 36.0 Å². The molecule has 0 bridgehead atoms. The number of benzene rings is 2. The Balaban J connectivity index is 0.000000200. The summed E-state index contributed by atoms with van der Waals surface area (Å²) < 4.78 is 0. The minimum absolute atomic E-state index is 0.597. The van der Waals surface area contributed by atoms with Crippen LogP contribution in [0, 0.1) is 6.92 Å². The predicted molar refractivity (Wildman–Crippen MR) is 92.0 cm³/mol. The van der Waals surface area contributed by atoms with Gasteiger partial charge in [-0.15, -0.1) is 0 Å². The van der Waals surface area contributed by atoms with Gasteiger partial charge in [0.2, 0.25) is 0 Å². The van der Waals surface area contributed by atoms with E-state index in [1.54, 1.807) is 12.1 Å². The molecule has 100 valence electrons. The van der Waals surface area contributed by atoms with Gasteiger partial charge in [0.05, 0.1) is 26.7 Å². The van der Waals surface area contributed by atoms with Crippen molar-refractivity contribution in [2.24, 2.45) is 9.98 Å². The van der Waals surface area contributed by atoms with Crippen molar-refractivity contribution in [1.29, 1.82) is 0 Å². The molecular formula is C15H11ClN2S2. The minimum Gasteiger partial charge on any atom is -0.194 e. The molecule has 0 heterocycles. The molecule has 0 N–H and O–H groups in total. The van der Waals surface area contributed by atoms with Crippen molar-refractivity contribution in [3.05, 3.63) is 59.1 Å². The Morgan fingerprint density at radius 1 is 0.850 bits per heavy atom. The number of hydrogen-bond donors (Lipinski definition) is 0. The topological polar surface area (TPSA) is 24.7 Å². The zero-order chi connectivity index (χ0) is 14.8. The van der Waals surface area contributed by atoms with Crippen LogP contribution in [0.4, 0.5) is 11.4 Å². The van der Waals surface area contributed by atoms with Gasteiger partial charge < -0.3 is 0 Å². The number of rotatable bonds is 2. The number of nitrogens with zero attached hydrogens (tertiary/aromatic N) is 2. The second-order valence-electron chi connectivity index (χ2n) is 3.64. The SMILES string of the molecule is Cc1ccccc1N=C=S.S=C=Nc1ccccc1Cl. The van der Waals surface area contributed by atoms with Crippen LogP contribution < -0.4 is 0 Å². The Morgan fingerprint density at radius 3 is 1.90 bits per heavy atom. The van der Waals surface area contributed by atoms with Gasteiger partial charge in [0.1, 0.15) is 0 Å². The summed E-state index contributed by atoms with van der Waals surface area (Å²) in [6.45, 7) is 1.99. The lowest BCUT2D eigenvalue weighted by atomic mass is 10.2. The van der Waals surface area contributed by atoms with Gasteiger partial charge in [-0.05, 0) is 55.1 Å². The fourth-order valence-corrected chi connectivity index (χ4v) is 1.70. The van der Waals surface area contributed by atoms with Crippen molar-refractivity contribution in [3.63, 3.8) is 0 Å². The van der Waals surface area contributed by atoms with Crippen LogP contribution in [0.25, 0.3) is 0 Å². The maximum Gasteiger partial charge on any atom is 0.0925 e. The molecule has 0 fully saturated rings. The van der Waals surface area contributed by atoms with E-state index in [2.05, 4.69) is 44.7 Å². The summed E-state index contributed by atoms with van der Waals surface area (Å²) in [5.74, 6) is 0. The number of hydrogen-bond acceptors (Lipinski definition) is 4. The number of aliphatic imine (C=N–C) groups is 2. The molecule has 0 amide bonds. The summed E-state index contributed by atoms with van der Waals surface area (Å²) >= 11 is 14.6. The predicted octanol–water partition coefficient (Wildman–Crippen LogP) is 5.80. The van der Waals surface area contributed by atoms with E-state index in [9.17, 15) is 0 Å². The highest BCUT2D eigenvalue weighted by molar-refractivity contribution is 7.78. The van der Waals surface area contributed by atoms with Crippen molar-refractivity contribution in [2.45, 2.75) is 6.92 Å². The highest BCUT2D eigenvalue weighted by Crippen LogP contribution is 2.22. The summed E-state index contributed by atoms with van der Waals surface area (Å²) in [6.07, 6.45) is 0. The average molecular weight is 319 g/mol. The van der Waals surface area contributed by atoms with Crippen molar-refractivity contribution in [3.8, 4) is 0 Å². The Bertz CT molecular complexity index is 614. The fraction of sp³-hybridized carbons (Fsp3) is 0.0667. The highest BCUT2D eigenvalue weighted by atomic mass is 35.5. The third-order valence-corrected chi connectivity index (χ3v) is 2.80. The highest BCUT2D eigenvalue weighted by Gasteiger charge is 1.92. The maximum atomic E-state index is 5.72. The Morgan fingerprint density at radius 2 is 1.35 bits per heavy atom. The van der Waals surface area contributed by atoms with Crippen molar-refractivity contribution in [1.82, 2.24) is 0 Å². The average Bonchev–Trinajstić information content (AvgIpc) is 2.45. The zero-order valence-corrected chi connectivity index (χ0v) is 13.1. The molecule has 0 spiro atoms. The first-order valence-corrected chi connectivity index (χ1v) is 6.84. The van der Waals surface area contributed by atoms with Gasteiger partial charge in [0.15, 0.2) is 0 Å². The Kier molecular flexibility index (Phi) is 7.59.